The minimum atomic E-state index is 0.279. The van der Waals surface area contributed by atoms with E-state index < -0.39 is 0 Å². The molecule has 3 nitrogen and oxygen atoms in total. The molecule has 0 aliphatic rings. The van der Waals surface area contributed by atoms with E-state index in [-0.39, 0.29) is 6.04 Å². The molecule has 2 heterocycles. The van der Waals surface area contributed by atoms with Crippen molar-refractivity contribution in [2.75, 3.05) is 0 Å². The number of aryl methyl sites for hydroxylation is 1. The fourth-order valence-electron chi connectivity index (χ4n) is 1.74. The number of thiazole rings is 1. The highest BCUT2D eigenvalue weighted by Crippen LogP contribution is 2.15. The molecule has 0 aliphatic carbocycles. The van der Waals surface area contributed by atoms with Gasteiger partial charge in [0.2, 0.25) is 0 Å². The van der Waals surface area contributed by atoms with E-state index in [2.05, 4.69) is 35.2 Å². The molecule has 0 amide bonds. The summed E-state index contributed by atoms with van der Waals surface area (Å²) < 4.78 is 0. The summed E-state index contributed by atoms with van der Waals surface area (Å²) in [7, 11) is 0. The second-order valence-corrected chi connectivity index (χ2v) is 4.86. The Morgan fingerprint density at radius 3 is 2.94 bits per heavy atom. The second kappa shape index (κ2) is 5.89. The number of hydrogen-bond donors (Lipinski definition) is 1. The molecule has 1 N–H and O–H groups in total. The highest BCUT2D eigenvalue weighted by molar-refractivity contribution is 7.09. The lowest BCUT2D eigenvalue weighted by atomic mass is 10.1. The van der Waals surface area contributed by atoms with Gasteiger partial charge in [-0.2, -0.15) is 0 Å². The van der Waals surface area contributed by atoms with Crippen molar-refractivity contribution in [2.45, 2.75) is 32.9 Å². The molecule has 0 fully saturated rings. The molecule has 4 heteroatoms. The van der Waals surface area contributed by atoms with Crippen LogP contribution in [0.4, 0.5) is 0 Å². The van der Waals surface area contributed by atoms with Gasteiger partial charge in [-0.25, -0.2) is 4.98 Å². The van der Waals surface area contributed by atoms with E-state index in [4.69, 9.17) is 0 Å². The van der Waals surface area contributed by atoms with E-state index in [0.717, 1.165) is 23.7 Å². The van der Waals surface area contributed by atoms with Gasteiger partial charge < -0.3 is 5.32 Å². The van der Waals surface area contributed by atoms with Crippen LogP contribution in [0, 0.1) is 0 Å². The molecule has 0 saturated heterocycles. The molecular formula is C13H17N3S. The Labute approximate surface area is 106 Å². The van der Waals surface area contributed by atoms with Gasteiger partial charge in [0, 0.05) is 24.3 Å². The van der Waals surface area contributed by atoms with E-state index in [1.165, 1.54) is 5.56 Å². The topological polar surface area (TPSA) is 37.8 Å². The van der Waals surface area contributed by atoms with E-state index in [1.54, 1.807) is 11.3 Å². The van der Waals surface area contributed by atoms with Crippen LogP contribution in [-0.4, -0.2) is 9.97 Å². The fraction of sp³-hybridized carbons (Fsp3) is 0.385. The zero-order chi connectivity index (χ0) is 12.1. The third-order valence-electron chi connectivity index (χ3n) is 2.76. The SMILES string of the molecule is CCc1cccnc1CNC(C)c1nccs1. The Morgan fingerprint density at radius 1 is 1.35 bits per heavy atom. The van der Waals surface area contributed by atoms with Crippen molar-refractivity contribution >= 4 is 11.3 Å². The predicted molar refractivity (Wildman–Crippen MR) is 71.0 cm³/mol. The summed E-state index contributed by atoms with van der Waals surface area (Å²) in [4.78, 5) is 8.73. The van der Waals surface area contributed by atoms with Crippen LogP contribution in [0.3, 0.4) is 0 Å². The summed E-state index contributed by atoms with van der Waals surface area (Å²) in [5.41, 5.74) is 2.45. The van der Waals surface area contributed by atoms with Crippen molar-refractivity contribution in [2.24, 2.45) is 0 Å². The van der Waals surface area contributed by atoms with E-state index in [9.17, 15) is 0 Å². The Bertz CT molecular complexity index is 453. The maximum atomic E-state index is 4.42. The first-order valence-electron chi connectivity index (χ1n) is 5.86. The summed E-state index contributed by atoms with van der Waals surface area (Å²) in [6, 6.07) is 4.41. The van der Waals surface area contributed by atoms with Crippen molar-refractivity contribution < 1.29 is 0 Å². The summed E-state index contributed by atoms with van der Waals surface area (Å²) in [5, 5.41) is 6.59. The summed E-state index contributed by atoms with van der Waals surface area (Å²) in [6.07, 6.45) is 4.72. The molecule has 2 rings (SSSR count). The van der Waals surface area contributed by atoms with Crippen molar-refractivity contribution in [3.8, 4) is 0 Å². The largest absolute Gasteiger partial charge is 0.302 e. The lowest BCUT2D eigenvalue weighted by molar-refractivity contribution is 0.562. The summed E-state index contributed by atoms with van der Waals surface area (Å²) in [6.45, 7) is 5.09. The Hall–Kier alpha value is -1.26. The molecule has 2 aromatic heterocycles. The normalized spacial score (nSPS) is 12.6. The number of hydrogen-bond acceptors (Lipinski definition) is 4. The maximum Gasteiger partial charge on any atom is 0.109 e. The molecule has 1 atom stereocenters. The Balaban J connectivity index is 1.98. The molecule has 90 valence electrons. The average molecular weight is 247 g/mol. The van der Waals surface area contributed by atoms with Crippen LogP contribution in [0.5, 0.6) is 0 Å². The van der Waals surface area contributed by atoms with E-state index in [1.807, 2.05) is 23.8 Å². The van der Waals surface area contributed by atoms with Gasteiger partial charge in [-0.15, -0.1) is 11.3 Å². The van der Waals surface area contributed by atoms with Crippen molar-refractivity contribution in [1.82, 2.24) is 15.3 Å². The fourth-order valence-corrected chi connectivity index (χ4v) is 2.41. The van der Waals surface area contributed by atoms with Gasteiger partial charge in [0.25, 0.3) is 0 Å². The van der Waals surface area contributed by atoms with Crippen LogP contribution in [-0.2, 0) is 13.0 Å². The first kappa shape index (κ1) is 12.2. The molecule has 1 unspecified atom stereocenters. The number of nitrogens with zero attached hydrogens (tertiary/aromatic N) is 2. The average Bonchev–Trinajstić information content (AvgIpc) is 2.90. The number of nitrogens with one attached hydrogen (secondary N) is 1. The van der Waals surface area contributed by atoms with Gasteiger partial charge in [0.05, 0.1) is 11.7 Å². The number of rotatable bonds is 5. The van der Waals surface area contributed by atoms with Gasteiger partial charge >= 0.3 is 0 Å². The molecule has 17 heavy (non-hydrogen) atoms. The highest BCUT2D eigenvalue weighted by Gasteiger charge is 2.08. The number of aromatic nitrogens is 2. The summed E-state index contributed by atoms with van der Waals surface area (Å²) >= 11 is 1.68. The Kier molecular flexibility index (Phi) is 4.23. The first-order valence-corrected chi connectivity index (χ1v) is 6.74. The van der Waals surface area contributed by atoms with Gasteiger partial charge in [-0.05, 0) is 25.0 Å². The van der Waals surface area contributed by atoms with Crippen LogP contribution in [0.15, 0.2) is 29.9 Å². The minimum absolute atomic E-state index is 0.279. The van der Waals surface area contributed by atoms with Crippen LogP contribution in [0.2, 0.25) is 0 Å². The van der Waals surface area contributed by atoms with E-state index >= 15 is 0 Å². The minimum Gasteiger partial charge on any atom is -0.302 e. The highest BCUT2D eigenvalue weighted by atomic mass is 32.1. The maximum absolute atomic E-state index is 4.42. The molecule has 0 aromatic carbocycles. The zero-order valence-electron chi connectivity index (χ0n) is 10.2. The molecule has 0 bridgehead atoms. The Morgan fingerprint density at radius 2 is 2.24 bits per heavy atom. The third kappa shape index (κ3) is 3.11. The molecular weight excluding hydrogens is 230 g/mol. The standard InChI is InChI=1S/C13H17N3S/c1-3-11-5-4-6-14-12(11)9-16-10(2)13-15-7-8-17-13/h4-8,10,16H,3,9H2,1-2H3. The van der Waals surface area contributed by atoms with Gasteiger partial charge in [0.1, 0.15) is 5.01 Å². The molecule has 0 spiro atoms. The van der Waals surface area contributed by atoms with Crippen LogP contribution in [0.25, 0.3) is 0 Å². The zero-order valence-corrected chi connectivity index (χ0v) is 11.0. The van der Waals surface area contributed by atoms with Crippen LogP contribution in [0.1, 0.15) is 36.2 Å². The first-order chi connectivity index (χ1) is 8.31. The summed E-state index contributed by atoms with van der Waals surface area (Å²) in [5.74, 6) is 0. The third-order valence-corrected chi connectivity index (χ3v) is 3.72. The smallest absolute Gasteiger partial charge is 0.109 e. The van der Waals surface area contributed by atoms with Gasteiger partial charge in [-0.3, -0.25) is 4.98 Å². The second-order valence-electron chi connectivity index (χ2n) is 3.94. The molecule has 2 aromatic rings. The van der Waals surface area contributed by atoms with Gasteiger partial charge in [-0.1, -0.05) is 13.0 Å². The predicted octanol–water partition coefficient (Wildman–Crippen LogP) is 2.95. The quantitative estimate of drug-likeness (QED) is 0.882. The van der Waals surface area contributed by atoms with Crippen LogP contribution < -0.4 is 5.32 Å². The van der Waals surface area contributed by atoms with Crippen molar-refractivity contribution in [1.29, 1.82) is 0 Å². The lowest BCUT2D eigenvalue weighted by Gasteiger charge is -2.12. The monoisotopic (exact) mass is 247 g/mol. The lowest BCUT2D eigenvalue weighted by Crippen LogP contribution is -2.19. The van der Waals surface area contributed by atoms with Crippen molar-refractivity contribution in [3.05, 3.63) is 46.2 Å². The van der Waals surface area contributed by atoms with Gasteiger partial charge in [0.15, 0.2) is 0 Å². The molecule has 0 aliphatic heterocycles. The molecule has 0 radical (unpaired) electrons. The van der Waals surface area contributed by atoms with E-state index in [0.29, 0.717) is 0 Å². The van der Waals surface area contributed by atoms with Crippen LogP contribution >= 0.6 is 11.3 Å². The number of pyridine rings is 1. The molecule has 0 saturated carbocycles. The van der Waals surface area contributed by atoms with Crippen molar-refractivity contribution in [3.63, 3.8) is 0 Å².